The molecule has 1 aromatic heterocycles. The standard InChI is InChI=1S/C10H14N2O3/c1-3-8(10(13)14)9-5-11-7(4-12-9)6-15-2/h4-5,8H,3,6H2,1-2H3,(H,13,14). The Morgan fingerprint density at radius 1 is 1.53 bits per heavy atom. The third-order valence-corrected chi connectivity index (χ3v) is 2.08. The fraction of sp³-hybridized carbons (Fsp3) is 0.500. The molecule has 1 heterocycles. The van der Waals surface area contributed by atoms with E-state index in [1.165, 1.54) is 6.20 Å². The second-order valence-electron chi connectivity index (χ2n) is 3.16. The topological polar surface area (TPSA) is 72.3 Å². The van der Waals surface area contributed by atoms with E-state index in [1.54, 1.807) is 13.3 Å². The van der Waals surface area contributed by atoms with Gasteiger partial charge in [0.15, 0.2) is 0 Å². The second kappa shape index (κ2) is 5.41. The minimum Gasteiger partial charge on any atom is -0.481 e. The van der Waals surface area contributed by atoms with E-state index in [9.17, 15) is 4.79 Å². The number of nitrogens with zero attached hydrogens (tertiary/aromatic N) is 2. The normalized spacial score (nSPS) is 12.4. The quantitative estimate of drug-likeness (QED) is 0.790. The van der Waals surface area contributed by atoms with Crippen LogP contribution in [0.15, 0.2) is 12.4 Å². The zero-order chi connectivity index (χ0) is 11.3. The van der Waals surface area contributed by atoms with Gasteiger partial charge in [0, 0.05) is 13.3 Å². The van der Waals surface area contributed by atoms with Crippen LogP contribution in [0, 0.1) is 0 Å². The summed E-state index contributed by atoms with van der Waals surface area (Å²) < 4.78 is 4.88. The fourth-order valence-electron chi connectivity index (χ4n) is 1.28. The highest BCUT2D eigenvalue weighted by molar-refractivity contribution is 5.75. The van der Waals surface area contributed by atoms with E-state index in [-0.39, 0.29) is 0 Å². The summed E-state index contributed by atoms with van der Waals surface area (Å²) in [4.78, 5) is 19.0. The summed E-state index contributed by atoms with van der Waals surface area (Å²) in [6, 6.07) is 0. The van der Waals surface area contributed by atoms with Crippen molar-refractivity contribution in [3.63, 3.8) is 0 Å². The molecule has 0 aliphatic rings. The predicted octanol–water partition coefficient (Wildman–Crippen LogP) is 1.20. The van der Waals surface area contributed by atoms with Crippen molar-refractivity contribution in [1.82, 2.24) is 9.97 Å². The van der Waals surface area contributed by atoms with Gasteiger partial charge in [-0.2, -0.15) is 0 Å². The minimum absolute atomic E-state index is 0.386. The molecule has 0 saturated heterocycles. The Morgan fingerprint density at radius 3 is 2.67 bits per heavy atom. The molecule has 0 bridgehead atoms. The number of carboxylic acids is 1. The van der Waals surface area contributed by atoms with Crippen LogP contribution in [-0.2, 0) is 16.1 Å². The van der Waals surface area contributed by atoms with Crippen molar-refractivity contribution in [3.05, 3.63) is 23.8 Å². The summed E-state index contributed by atoms with van der Waals surface area (Å²) in [5.74, 6) is -1.44. The Morgan fingerprint density at radius 2 is 2.27 bits per heavy atom. The lowest BCUT2D eigenvalue weighted by Crippen LogP contribution is -2.12. The highest BCUT2D eigenvalue weighted by atomic mass is 16.5. The fourth-order valence-corrected chi connectivity index (χ4v) is 1.28. The summed E-state index contributed by atoms with van der Waals surface area (Å²) >= 11 is 0. The van der Waals surface area contributed by atoms with Crippen LogP contribution in [0.3, 0.4) is 0 Å². The van der Waals surface area contributed by atoms with Crippen LogP contribution >= 0.6 is 0 Å². The van der Waals surface area contributed by atoms with E-state index in [0.717, 1.165) is 0 Å². The number of carbonyl (C=O) groups is 1. The molecule has 0 saturated carbocycles. The van der Waals surface area contributed by atoms with Gasteiger partial charge in [0.2, 0.25) is 0 Å². The smallest absolute Gasteiger partial charge is 0.312 e. The number of methoxy groups -OCH3 is 1. The van der Waals surface area contributed by atoms with E-state index in [4.69, 9.17) is 9.84 Å². The van der Waals surface area contributed by atoms with E-state index in [2.05, 4.69) is 9.97 Å². The Balaban J connectivity index is 2.82. The summed E-state index contributed by atoms with van der Waals surface area (Å²) in [7, 11) is 1.57. The maximum absolute atomic E-state index is 10.8. The van der Waals surface area contributed by atoms with Crippen LogP contribution in [0.1, 0.15) is 30.7 Å². The molecule has 1 rings (SSSR count). The first-order chi connectivity index (χ1) is 7.19. The number of ether oxygens (including phenoxy) is 1. The summed E-state index contributed by atoms with van der Waals surface area (Å²) in [6.07, 6.45) is 3.55. The predicted molar refractivity (Wildman–Crippen MR) is 53.4 cm³/mol. The second-order valence-corrected chi connectivity index (χ2v) is 3.16. The van der Waals surface area contributed by atoms with Gasteiger partial charge in [-0.15, -0.1) is 0 Å². The minimum atomic E-state index is -0.869. The number of carboxylic acid groups (broad SMARTS) is 1. The van der Waals surface area contributed by atoms with Gasteiger partial charge in [0.05, 0.1) is 24.2 Å². The van der Waals surface area contributed by atoms with E-state index < -0.39 is 11.9 Å². The zero-order valence-corrected chi connectivity index (χ0v) is 8.80. The van der Waals surface area contributed by atoms with E-state index in [0.29, 0.717) is 24.4 Å². The Bertz CT molecular complexity index is 324. The van der Waals surface area contributed by atoms with Crippen LogP contribution in [-0.4, -0.2) is 28.2 Å². The lowest BCUT2D eigenvalue weighted by molar-refractivity contribution is -0.138. The molecule has 0 fully saturated rings. The molecule has 1 aromatic rings. The molecule has 82 valence electrons. The van der Waals surface area contributed by atoms with Gasteiger partial charge < -0.3 is 9.84 Å². The highest BCUT2D eigenvalue weighted by Crippen LogP contribution is 2.16. The number of aliphatic carboxylic acids is 1. The molecule has 0 aromatic carbocycles. The van der Waals surface area contributed by atoms with Crippen molar-refractivity contribution in [2.45, 2.75) is 25.9 Å². The molecule has 0 aliphatic heterocycles. The molecule has 0 amide bonds. The van der Waals surface area contributed by atoms with Gasteiger partial charge >= 0.3 is 5.97 Å². The zero-order valence-electron chi connectivity index (χ0n) is 8.80. The molecule has 1 unspecified atom stereocenters. The first-order valence-corrected chi connectivity index (χ1v) is 4.71. The van der Waals surface area contributed by atoms with Crippen LogP contribution in [0.4, 0.5) is 0 Å². The molecule has 1 N–H and O–H groups in total. The highest BCUT2D eigenvalue weighted by Gasteiger charge is 2.19. The summed E-state index contributed by atoms with van der Waals surface area (Å²) in [6.45, 7) is 2.20. The van der Waals surface area contributed by atoms with Gasteiger partial charge in [0.1, 0.15) is 5.92 Å². The molecule has 0 aliphatic carbocycles. The van der Waals surface area contributed by atoms with Crippen molar-refractivity contribution in [2.24, 2.45) is 0 Å². The molecule has 0 radical (unpaired) electrons. The number of hydrogen-bond donors (Lipinski definition) is 1. The third kappa shape index (κ3) is 2.99. The van der Waals surface area contributed by atoms with E-state index in [1.807, 2.05) is 6.92 Å². The lowest BCUT2D eigenvalue weighted by atomic mass is 10.0. The van der Waals surface area contributed by atoms with Gasteiger partial charge in [-0.25, -0.2) is 0 Å². The third-order valence-electron chi connectivity index (χ3n) is 2.08. The first-order valence-electron chi connectivity index (χ1n) is 4.71. The van der Waals surface area contributed by atoms with Crippen LogP contribution < -0.4 is 0 Å². The monoisotopic (exact) mass is 210 g/mol. The average molecular weight is 210 g/mol. The molecule has 5 heteroatoms. The largest absolute Gasteiger partial charge is 0.481 e. The van der Waals surface area contributed by atoms with Crippen molar-refractivity contribution >= 4 is 5.97 Å². The number of rotatable bonds is 5. The maximum Gasteiger partial charge on any atom is 0.312 e. The SMILES string of the molecule is CCC(C(=O)O)c1cnc(COC)cn1. The Hall–Kier alpha value is -1.49. The number of aromatic nitrogens is 2. The molecule has 1 atom stereocenters. The lowest BCUT2D eigenvalue weighted by Gasteiger charge is -2.08. The molecule has 5 nitrogen and oxygen atoms in total. The van der Waals surface area contributed by atoms with Crippen LogP contribution in [0.25, 0.3) is 0 Å². The van der Waals surface area contributed by atoms with Gasteiger partial charge in [0.25, 0.3) is 0 Å². The molecular formula is C10H14N2O3. The Labute approximate surface area is 88.1 Å². The molecular weight excluding hydrogens is 196 g/mol. The van der Waals surface area contributed by atoms with Gasteiger partial charge in [-0.05, 0) is 6.42 Å². The van der Waals surface area contributed by atoms with Gasteiger partial charge in [-0.3, -0.25) is 14.8 Å². The van der Waals surface area contributed by atoms with Gasteiger partial charge in [-0.1, -0.05) is 6.92 Å². The maximum atomic E-state index is 10.8. The van der Waals surface area contributed by atoms with Crippen molar-refractivity contribution < 1.29 is 14.6 Å². The van der Waals surface area contributed by atoms with E-state index >= 15 is 0 Å². The molecule has 15 heavy (non-hydrogen) atoms. The Kier molecular flexibility index (Phi) is 4.17. The summed E-state index contributed by atoms with van der Waals surface area (Å²) in [5.41, 5.74) is 1.19. The van der Waals surface area contributed by atoms with Crippen molar-refractivity contribution in [2.75, 3.05) is 7.11 Å². The molecule has 0 spiro atoms. The average Bonchev–Trinajstić information content (AvgIpc) is 2.21. The number of hydrogen-bond acceptors (Lipinski definition) is 4. The first kappa shape index (κ1) is 11.6. The summed E-state index contributed by atoms with van der Waals surface area (Å²) in [5, 5.41) is 8.91. The van der Waals surface area contributed by atoms with Crippen LogP contribution in [0.2, 0.25) is 0 Å². The van der Waals surface area contributed by atoms with Crippen molar-refractivity contribution in [3.8, 4) is 0 Å². The van der Waals surface area contributed by atoms with Crippen LogP contribution in [0.5, 0.6) is 0 Å². The van der Waals surface area contributed by atoms with Crippen molar-refractivity contribution in [1.29, 1.82) is 0 Å².